The molecular formula is C27H26F2N2O3. The Morgan fingerprint density at radius 1 is 0.941 bits per heavy atom. The molecule has 2 amide bonds. The summed E-state index contributed by atoms with van der Waals surface area (Å²) in [5.41, 5.74) is 3.82. The minimum absolute atomic E-state index is 0.0168. The molecule has 0 aliphatic carbocycles. The molecule has 176 valence electrons. The molecule has 1 fully saturated rings. The average molecular weight is 465 g/mol. The Morgan fingerprint density at radius 3 is 2.15 bits per heavy atom. The number of ether oxygens (including phenoxy) is 1. The third-order valence-corrected chi connectivity index (χ3v) is 5.87. The minimum atomic E-state index is -0.838. The van der Waals surface area contributed by atoms with Crippen LogP contribution >= 0.6 is 0 Å². The number of hydrogen-bond donors (Lipinski definition) is 1. The van der Waals surface area contributed by atoms with Gasteiger partial charge in [0.2, 0.25) is 5.91 Å². The second-order valence-electron chi connectivity index (χ2n) is 8.38. The highest BCUT2D eigenvalue weighted by atomic mass is 19.1. The second-order valence-corrected chi connectivity index (χ2v) is 8.38. The molecule has 1 saturated heterocycles. The smallest absolute Gasteiger partial charge is 0.256 e. The van der Waals surface area contributed by atoms with Crippen molar-refractivity contribution in [3.63, 3.8) is 0 Å². The molecule has 0 aromatic heterocycles. The summed E-state index contributed by atoms with van der Waals surface area (Å²) in [4.78, 5) is 25.3. The summed E-state index contributed by atoms with van der Waals surface area (Å²) >= 11 is 0. The van der Waals surface area contributed by atoms with E-state index in [1.807, 2.05) is 48.5 Å². The van der Waals surface area contributed by atoms with Crippen molar-refractivity contribution < 1.29 is 23.1 Å². The highest BCUT2D eigenvalue weighted by Crippen LogP contribution is 2.23. The van der Waals surface area contributed by atoms with E-state index in [0.29, 0.717) is 32.5 Å². The third kappa shape index (κ3) is 5.85. The van der Waals surface area contributed by atoms with Crippen LogP contribution in [0, 0.1) is 11.6 Å². The highest BCUT2D eigenvalue weighted by molar-refractivity contribution is 5.94. The molecule has 0 unspecified atom stereocenters. The van der Waals surface area contributed by atoms with Crippen molar-refractivity contribution in [1.82, 2.24) is 4.90 Å². The fourth-order valence-corrected chi connectivity index (χ4v) is 4.02. The molecule has 0 radical (unpaired) electrons. The number of hydrogen-bond acceptors (Lipinski definition) is 3. The zero-order valence-corrected chi connectivity index (χ0v) is 18.9. The fraction of sp³-hybridized carbons (Fsp3) is 0.259. The highest BCUT2D eigenvalue weighted by Gasteiger charge is 2.25. The van der Waals surface area contributed by atoms with Gasteiger partial charge in [-0.2, -0.15) is 0 Å². The Hall–Kier alpha value is -3.58. The number of carbonyl (C=O) groups is 2. The number of likely N-dealkylation sites (tertiary alicyclic amines) is 1. The van der Waals surface area contributed by atoms with E-state index in [0.717, 1.165) is 34.5 Å². The predicted octanol–water partition coefficient (Wildman–Crippen LogP) is 5.41. The molecule has 3 aromatic carbocycles. The van der Waals surface area contributed by atoms with Crippen molar-refractivity contribution in [2.24, 2.45) is 0 Å². The maximum absolute atomic E-state index is 13.9. The van der Waals surface area contributed by atoms with Crippen molar-refractivity contribution in [2.75, 3.05) is 18.4 Å². The third-order valence-electron chi connectivity index (χ3n) is 5.87. The van der Waals surface area contributed by atoms with E-state index in [1.54, 1.807) is 4.90 Å². The number of halogens is 2. The molecule has 0 atom stereocenters. The van der Waals surface area contributed by atoms with Crippen LogP contribution in [0.3, 0.4) is 0 Å². The Balaban J connectivity index is 1.26. The van der Waals surface area contributed by atoms with Gasteiger partial charge >= 0.3 is 0 Å². The SMILES string of the molecule is CC(=O)Nc1ccc(-c2ccc(COC3CCN(C(=O)c4ccc(F)cc4F)CC3)cc2)cc1. The predicted molar refractivity (Wildman–Crippen MR) is 126 cm³/mol. The molecule has 3 aromatic rings. The first-order chi connectivity index (χ1) is 16.4. The lowest BCUT2D eigenvalue weighted by molar-refractivity contribution is -0.114. The van der Waals surface area contributed by atoms with Crippen LogP contribution in [-0.4, -0.2) is 35.9 Å². The minimum Gasteiger partial charge on any atom is -0.373 e. The number of anilines is 1. The van der Waals surface area contributed by atoms with Gasteiger partial charge in [0.05, 0.1) is 18.3 Å². The van der Waals surface area contributed by atoms with Crippen molar-refractivity contribution >= 4 is 17.5 Å². The van der Waals surface area contributed by atoms with Crippen LogP contribution in [0.4, 0.5) is 14.5 Å². The van der Waals surface area contributed by atoms with Crippen LogP contribution in [0.2, 0.25) is 0 Å². The van der Waals surface area contributed by atoms with Gasteiger partial charge in [-0.3, -0.25) is 9.59 Å². The number of carbonyl (C=O) groups excluding carboxylic acids is 2. The van der Waals surface area contributed by atoms with Gasteiger partial charge in [-0.25, -0.2) is 8.78 Å². The first-order valence-electron chi connectivity index (χ1n) is 11.2. The Bertz CT molecular complexity index is 1160. The number of benzene rings is 3. The lowest BCUT2D eigenvalue weighted by Crippen LogP contribution is -2.41. The van der Waals surface area contributed by atoms with Crippen LogP contribution in [0.15, 0.2) is 66.7 Å². The normalized spacial score (nSPS) is 14.1. The topological polar surface area (TPSA) is 58.6 Å². The van der Waals surface area contributed by atoms with Gasteiger partial charge < -0.3 is 15.0 Å². The van der Waals surface area contributed by atoms with Gasteiger partial charge in [-0.1, -0.05) is 36.4 Å². The van der Waals surface area contributed by atoms with Gasteiger partial charge in [0.1, 0.15) is 11.6 Å². The molecule has 34 heavy (non-hydrogen) atoms. The summed E-state index contributed by atoms with van der Waals surface area (Å²) < 4.78 is 33.0. The largest absolute Gasteiger partial charge is 0.373 e. The average Bonchev–Trinajstić information content (AvgIpc) is 2.83. The van der Waals surface area contributed by atoms with Gasteiger partial charge in [0, 0.05) is 31.8 Å². The second kappa shape index (κ2) is 10.6. The quantitative estimate of drug-likeness (QED) is 0.531. The number of amides is 2. The van der Waals surface area contributed by atoms with E-state index in [2.05, 4.69) is 5.32 Å². The summed E-state index contributed by atoms with van der Waals surface area (Å²) in [5.74, 6) is -2.06. The standard InChI is InChI=1S/C27H26F2N2O3/c1-18(32)30-23-9-6-21(7-10-23)20-4-2-19(3-5-20)17-34-24-12-14-31(15-13-24)27(33)25-11-8-22(28)16-26(25)29/h2-11,16,24H,12-15,17H2,1H3,(H,30,32). The van der Waals surface area contributed by atoms with E-state index >= 15 is 0 Å². The number of nitrogens with one attached hydrogen (secondary N) is 1. The summed E-state index contributed by atoms with van der Waals surface area (Å²) in [6, 6.07) is 18.8. The van der Waals surface area contributed by atoms with Crippen LogP contribution in [0.25, 0.3) is 11.1 Å². The maximum Gasteiger partial charge on any atom is 0.256 e. The molecule has 1 aliphatic rings. The van der Waals surface area contributed by atoms with Crippen LogP contribution in [-0.2, 0) is 16.1 Å². The summed E-state index contributed by atoms with van der Waals surface area (Å²) in [7, 11) is 0. The van der Waals surface area contributed by atoms with Gasteiger partial charge in [0.25, 0.3) is 5.91 Å². The summed E-state index contributed by atoms with van der Waals surface area (Å²) in [6.07, 6.45) is 1.34. The van der Waals surface area contributed by atoms with E-state index < -0.39 is 17.5 Å². The first-order valence-corrected chi connectivity index (χ1v) is 11.2. The number of rotatable bonds is 6. The fourth-order valence-electron chi connectivity index (χ4n) is 4.02. The molecule has 1 N–H and O–H groups in total. The van der Waals surface area contributed by atoms with Crippen molar-refractivity contribution in [3.05, 3.63) is 89.5 Å². The van der Waals surface area contributed by atoms with Crippen LogP contribution < -0.4 is 5.32 Å². The van der Waals surface area contributed by atoms with Gasteiger partial charge in [-0.15, -0.1) is 0 Å². The lowest BCUT2D eigenvalue weighted by Gasteiger charge is -2.32. The molecule has 1 heterocycles. The Labute approximate surface area is 197 Å². The molecule has 1 aliphatic heterocycles. The van der Waals surface area contributed by atoms with E-state index in [1.165, 1.54) is 13.0 Å². The van der Waals surface area contributed by atoms with Crippen molar-refractivity contribution in [1.29, 1.82) is 0 Å². The molecule has 0 saturated carbocycles. The molecule has 4 rings (SSSR count). The first kappa shape index (κ1) is 23.6. The van der Waals surface area contributed by atoms with E-state index in [9.17, 15) is 18.4 Å². The van der Waals surface area contributed by atoms with Crippen LogP contribution in [0.5, 0.6) is 0 Å². The zero-order valence-electron chi connectivity index (χ0n) is 18.9. The van der Waals surface area contributed by atoms with E-state index in [4.69, 9.17) is 4.74 Å². The maximum atomic E-state index is 13.9. The van der Waals surface area contributed by atoms with Crippen molar-refractivity contribution in [2.45, 2.75) is 32.5 Å². The molecule has 5 nitrogen and oxygen atoms in total. The lowest BCUT2D eigenvalue weighted by atomic mass is 10.0. The Kier molecular flexibility index (Phi) is 7.33. The number of nitrogens with zero attached hydrogens (tertiary/aromatic N) is 1. The van der Waals surface area contributed by atoms with Gasteiger partial charge in [-0.05, 0) is 53.8 Å². The summed E-state index contributed by atoms with van der Waals surface area (Å²) in [6.45, 7) is 2.88. The monoisotopic (exact) mass is 464 g/mol. The van der Waals surface area contributed by atoms with E-state index in [-0.39, 0.29) is 17.6 Å². The van der Waals surface area contributed by atoms with Crippen molar-refractivity contribution in [3.8, 4) is 11.1 Å². The molecule has 0 spiro atoms. The molecule has 0 bridgehead atoms. The molecular weight excluding hydrogens is 438 g/mol. The zero-order chi connectivity index (χ0) is 24.1. The Morgan fingerprint density at radius 2 is 1.56 bits per heavy atom. The number of piperidine rings is 1. The summed E-state index contributed by atoms with van der Waals surface area (Å²) in [5, 5.41) is 2.75. The molecule has 7 heteroatoms. The van der Waals surface area contributed by atoms with Crippen LogP contribution in [0.1, 0.15) is 35.7 Å². The van der Waals surface area contributed by atoms with Gasteiger partial charge in [0.15, 0.2) is 0 Å².